The van der Waals surface area contributed by atoms with Gasteiger partial charge in [0.15, 0.2) is 0 Å². The fourth-order valence-electron chi connectivity index (χ4n) is 4.75. The Labute approximate surface area is 148 Å². The number of carbonyl (C=O) groups excluding carboxylic acids is 1. The number of rotatable bonds is 3. The van der Waals surface area contributed by atoms with Gasteiger partial charge in [0, 0.05) is 51.3 Å². The molecule has 2 aliphatic heterocycles. The zero-order valence-corrected chi connectivity index (χ0v) is 14.9. The van der Waals surface area contributed by atoms with Gasteiger partial charge in [0.25, 0.3) is 5.91 Å². The number of amides is 1. The second kappa shape index (κ2) is 6.57. The summed E-state index contributed by atoms with van der Waals surface area (Å²) in [6.07, 6.45) is 6.30. The molecule has 1 aromatic rings. The molecule has 1 N–H and O–H groups in total. The van der Waals surface area contributed by atoms with Crippen molar-refractivity contribution in [3.05, 3.63) is 23.9 Å². The first kappa shape index (κ1) is 16.8. The second-order valence-electron chi connectivity index (χ2n) is 7.57. The van der Waals surface area contributed by atoms with E-state index in [-0.39, 0.29) is 23.5 Å². The Hall–Kier alpha value is -1.66. The normalized spacial score (nSPS) is 28.2. The van der Waals surface area contributed by atoms with Crippen LogP contribution in [0.5, 0.6) is 0 Å². The number of ether oxygens (including phenoxy) is 1. The molecule has 25 heavy (non-hydrogen) atoms. The van der Waals surface area contributed by atoms with Crippen LogP contribution in [0.15, 0.2) is 18.3 Å². The summed E-state index contributed by atoms with van der Waals surface area (Å²) in [7, 11) is 1.73. The van der Waals surface area contributed by atoms with Gasteiger partial charge in [0.1, 0.15) is 5.82 Å². The third-order valence-electron chi connectivity index (χ3n) is 6.43. The van der Waals surface area contributed by atoms with Gasteiger partial charge in [-0.25, -0.2) is 4.98 Å². The molecule has 1 amide bonds. The van der Waals surface area contributed by atoms with Crippen molar-refractivity contribution in [3.8, 4) is 0 Å². The van der Waals surface area contributed by atoms with Crippen molar-refractivity contribution in [2.45, 2.75) is 44.3 Å². The maximum absolute atomic E-state index is 12.9. The highest BCUT2D eigenvalue weighted by molar-refractivity contribution is 5.99. The zero-order valence-electron chi connectivity index (χ0n) is 14.9. The topological polar surface area (TPSA) is 65.9 Å². The molecule has 6 nitrogen and oxygen atoms in total. The third-order valence-corrected chi connectivity index (χ3v) is 6.43. The van der Waals surface area contributed by atoms with Crippen molar-refractivity contribution in [2.24, 2.45) is 5.41 Å². The van der Waals surface area contributed by atoms with Gasteiger partial charge in [-0.3, -0.25) is 4.79 Å². The summed E-state index contributed by atoms with van der Waals surface area (Å²) in [5.41, 5.74) is 0.594. The minimum Gasteiger partial charge on any atom is -0.392 e. The van der Waals surface area contributed by atoms with E-state index in [0.29, 0.717) is 5.56 Å². The minimum atomic E-state index is -0.269. The molecule has 2 saturated heterocycles. The van der Waals surface area contributed by atoms with Crippen LogP contribution >= 0.6 is 0 Å². The van der Waals surface area contributed by atoms with Crippen LogP contribution in [0.2, 0.25) is 0 Å². The number of aromatic nitrogens is 1. The Kier molecular flexibility index (Phi) is 4.41. The van der Waals surface area contributed by atoms with Crippen LogP contribution in [0.1, 0.15) is 42.5 Å². The molecule has 6 heteroatoms. The lowest BCUT2D eigenvalue weighted by Crippen LogP contribution is -2.62. The number of pyridine rings is 1. The van der Waals surface area contributed by atoms with Gasteiger partial charge >= 0.3 is 0 Å². The number of carbonyl (C=O) groups is 1. The van der Waals surface area contributed by atoms with Gasteiger partial charge in [-0.05, 0) is 37.8 Å². The highest BCUT2D eigenvalue weighted by atomic mass is 16.5. The van der Waals surface area contributed by atoms with Crippen molar-refractivity contribution in [3.63, 3.8) is 0 Å². The molecule has 1 aromatic heterocycles. The maximum atomic E-state index is 12.9. The summed E-state index contributed by atoms with van der Waals surface area (Å²) in [5, 5.41) is 10.3. The van der Waals surface area contributed by atoms with Crippen LogP contribution in [-0.2, 0) is 4.74 Å². The summed E-state index contributed by atoms with van der Waals surface area (Å²) in [4.78, 5) is 21.5. The van der Waals surface area contributed by atoms with E-state index in [0.717, 1.165) is 64.1 Å². The molecule has 0 unspecified atom stereocenters. The van der Waals surface area contributed by atoms with Crippen LogP contribution in [0, 0.1) is 5.41 Å². The first-order chi connectivity index (χ1) is 12.2. The molecule has 3 heterocycles. The molecule has 1 saturated carbocycles. The Morgan fingerprint density at radius 2 is 2.00 bits per heavy atom. The third kappa shape index (κ3) is 2.72. The minimum absolute atomic E-state index is 0.0966. The van der Waals surface area contributed by atoms with E-state index in [2.05, 4.69) is 9.88 Å². The van der Waals surface area contributed by atoms with Crippen molar-refractivity contribution >= 4 is 11.7 Å². The van der Waals surface area contributed by atoms with Crippen LogP contribution in [0.25, 0.3) is 0 Å². The van der Waals surface area contributed by atoms with E-state index in [9.17, 15) is 9.90 Å². The van der Waals surface area contributed by atoms with Crippen LogP contribution in [0.4, 0.5) is 5.82 Å². The summed E-state index contributed by atoms with van der Waals surface area (Å²) in [6.45, 7) is 3.29. The number of aliphatic hydroxyl groups is 1. The van der Waals surface area contributed by atoms with Crippen LogP contribution in [0.3, 0.4) is 0 Å². The number of hydrogen-bond acceptors (Lipinski definition) is 5. The predicted octanol–water partition coefficient (Wildman–Crippen LogP) is 1.68. The lowest BCUT2D eigenvalue weighted by atomic mass is 9.58. The Bertz CT molecular complexity index is 637. The van der Waals surface area contributed by atoms with Gasteiger partial charge in [-0.15, -0.1) is 0 Å². The molecule has 1 spiro atoms. The number of piperidine rings is 1. The smallest absolute Gasteiger partial charge is 0.257 e. The number of hydrogen-bond donors (Lipinski definition) is 1. The number of anilines is 1. The van der Waals surface area contributed by atoms with E-state index in [4.69, 9.17) is 4.74 Å². The van der Waals surface area contributed by atoms with Crippen LogP contribution < -0.4 is 4.90 Å². The van der Waals surface area contributed by atoms with E-state index in [1.54, 1.807) is 13.3 Å². The van der Waals surface area contributed by atoms with Crippen molar-refractivity contribution in [2.75, 3.05) is 38.2 Å². The number of likely N-dealkylation sites (tertiary alicyclic amines) is 1. The van der Waals surface area contributed by atoms with E-state index in [1.165, 1.54) is 0 Å². The lowest BCUT2D eigenvalue weighted by Gasteiger charge is -2.56. The molecular weight excluding hydrogens is 318 g/mol. The first-order valence-corrected chi connectivity index (χ1v) is 9.36. The predicted molar refractivity (Wildman–Crippen MR) is 94.7 cm³/mol. The molecule has 0 aromatic carbocycles. The molecule has 4 rings (SSSR count). The maximum Gasteiger partial charge on any atom is 0.257 e. The Morgan fingerprint density at radius 1 is 1.28 bits per heavy atom. The average molecular weight is 345 g/mol. The molecule has 136 valence electrons. The second-order valence-corrected chi connectivity index (χ2v) is 7.57. The average Bonchev–Trinajstić information content (AvgIpc) is 3.20. The highest BCUT2D eigenvalue weighted by Crippen LogP contribution is 2.51. The molecule has 2 atom stereocenters. The Balaban J connectivity index is 1.51. The summed E-state index contributed by atoms with van der Waals surface area (Å²) < 4.78 is 5.57. The molecule has 3 aliphatic rings. The molecule has 1 aliphatic carbocycles. The van der Waals surface area contributed by atoms with Gasteiger partial charge in [-0.1, -0.05) is 0 Å². The summed E-state index contributed by atoms with van der Waals surface area (Å²) >= 11 is 0. The SMILES string of the molecule is CO[C@@H]1C[C@H](O)C12CCN(c1ncccc1C(=O)N1CCCC1)CC2. The standard InChI is InChI=1S/C19H27N3O3/c1-25-16-13-15(23)19(16)6-11-21(12-7-19)17-14(5-4-8-20-17)18(24)22-9-2-3-10-22/h4-5,8,15-16,23H,2-3,6-7,9-13H2,1H3/t15-,16+/m0/s1. The largest absolute Gasteiger partial charge is 0.392 e. The highest BCUT2D eigenvalue weighted by Gasteiger charge is 2.56. The molecule has 0 radical (unpaired) electrons. The monoisotopic (exact) mass is 345 g/mol. The Morgan fingerprint density at radius 3 is 2.64 bits per heavy atom. The summed E-state index contributed by atoms with van der Waals surface area (Å²) in [5.74, 6) is 0.886. The van der Waals surface area contributed by atoms with Crippen LogP contribution in [-0.4, -0.2) is 66.4 Å². The van der Waals surface area contributed by atoms with Gasteiger partial charge in [0.05, 0.1) is 17.8 Å². The quantitative estimate of drug-likeness (QED) is 0.903. The van der Waals surface area contributed by atoms with Crippen molar-refractivity contribution < 1.29 is 14.6 Å². The van der Waals surface area contributed by atoms with E-state index >= 15 is 0 Å². The molecule has 3 fully saturated rings. The summed E-state index contributed by atoms with van der Waals surface area (Å²) in [6, 6.07) is 3.73. The zero-order chi connectivity index (χ0) is 17.4. The number of nitrogens with zero attached hydrogens (tertiary/aromatic N) is 3. The van der Waals surface area contributed by atoms with Gasteiger partial charge in [-0.2, -0.15) is 0 Å². The fraction of sp³-hybridized carbons (Fsp3) is 0.684. The molecule has 0 bridgehead atoms. The number of methoxy groups -OCH3 is 1. The van der Waals surface area contributed by atoms with Gasteiger partial charge < -0.3 is 19.6 Å². The van der Waals surface area contributed by atoms with Crippen molar-refractivity contribution in [1.82, 2.24) is 9.88 Å². The number of aliphatic hydroxyl groups excluding tert-OH is 1. The lowest BCUT2D eigenvalue weighted by molar-refractivity contribution is -0.190. The van der Waals surface area contributed by atoms with E-state index < -0.39 is 0 Å². The first-order valence-electron chi connectivity index (χ1n) is 9.36. The van der Waals surface area contributed by atoms with E-state index in [1.807, 2.05) is 17.0 Å². The van der Waals surface area contributed by atoms with Gasteiger partial charge in [0.2, 0.25) is 0 Å². The fourth-order valence-corrected chi connectivity index (χ4v) is 4.75. The van der Waals surface area contributed by atoms with Crippen molar-refractivity contribution in [1.29, 1.82) is 0 Å². The molecular formula is C19H27N3O3.